The Morgan fingerprint density at radius 1 is 1.22 bits per heavy atom. The number of hydrogen-bond donors (Lipinski definition) is 1. The van der Waals surface area contributed by atoms with Gasteiger partial charge < -0.3 is 14.5 Å². The van der Waals surface area contributed by atoms with Crippen molar-refractivity contribution in [2.75, 3.05) is 20.3 Å². The molecule has 0 amide bonds. The van der Waals surface area contributed by atoms with Crippen molar-refractivity contribution in [3.8, 4) is 6.01 Å². The summed E-state index contributed by atoms with van der Waals surface area (Å²) in [6, 6.07) is 8.26. The van der Waals surface area contributed by atoms with Gasteiger partial charge in [-0.25, -0.2) is 9.78 Å². The van der Waals surface area contributed by atoms with Gasteiger partial charge in [-0.2, -0.15) is 4.98 Å². The van der Waals surface area contributed by atoms with Gasteiger partial charge in [0.15, 0.2) is 5.65 Å². The Bertz CT molecular complexity index is 852. The lowest BCUT2D eigenvalue weighted by Crippen LogP contribution is -2.17. The average molecular weight is 314 g/mol. The van der Waals surface area contributed by atoms with Gasteiger partial charge in [0.05, 0.1) is 19.3 Å². The van der Waals surface area contributed by atoms with Crippen LogP contribution in [0.5, 0.6) is 6.01 Å². The summed E-state index contributed by atoms with van der Waals surface area (Å²) in [5.41, 5.74) is 3.10. The van der Waals surface area contributed by atoms with Crippen LogP contribution in [0.25, 0.3) is 11.2 Å². The minimum Gasteiger partial charge on any atom is -0.461 e. The lowest BCUT2D eigenvalue weighted by atomic mass is 10.1. The molecule has 0 aliphatic heterocycles. The Kier molecular flexibility index (Phi) is 4.38. The molecule has 23 heavy (non-hydrogen) atoms. The monoisotopic (exact) mass is 314 g/mol. The standard InChI is InChI=1S/C16H18N4O3/c1-11-3-5-12(6-4-11)10-20-14-13(18-16(20)21)9-17-15(19-14)23-8-7-22-2/h3-6,9H,7-8,10H2,1-2H3,(H,18,21). The largest absolute Gasteiger partial charge is 0.461 e. The van der Waals surface area contributed by atoms with Gasteiger partial charge in [0.1, 0.15) is 12.1 Å². The number of aromatic amines is 1. The molecule has 1 aromatic carbocycles. The summed E-state index contributed by atoms with van der Waals surface area (Å²) in [5, 5.41) is 0. The summed E-state index contributed by atoms with van der Waals surface area (Å²) in [6.45, 7) is 3.27. The van der Waals surface area contributed by atoms with Gasteiger partial charge in [-0.1, -0.05) is 29.8 Å². The summed E-state index contributed by atoms with van der Waals surface area (Å²) in [7, 11) is 1.60. The average Bonchev–Trinajstić information content (AvgIpc) is 2.85. The Labute approximate surface area is 132 Å². The van der Waals surface area contributed by atoms with E-state index in [4.69, 9.17) is 9.47 Å². The fourth-order valence-corrected chi connectivity index (χ4v) is 2.24. The lowest BCUT2D eigenvalue weighted by molar-refractivity contribution is 0.141. The third kappa shape index (κ3) is 3.40. The predicted molar refractivity (Wildman–Crippen MR) is 85.8 cm³/mol. The molecule has 3 rings (SSSR count). The molecule has 120 valence electrons. The number of methoxy groups -OCH3 is 1. The zero-order valence-electron chi connectivity index (χ0n) is 13.1. The van der Waals surface area contributed by atoms with Gasteiger partial charge in [0.2, 0.25) is 0 Å². The highest BCUT2D eigenvalue weighted by Gasteiger charge is 2.11. The maximum Gasteiger partial charge on any atom is 0.328 e. The number of aromatic nitrogens is 4. The number of benzene rings is 1. The van der Waals surface area contributed by atoms with Gasteiger partial charge in [-0.05, 0) is 12.5 Å². The molecule has 3 aromatic rings. The van der Waals surface area contributed by atoms with Crippen molar-refractivity contribution in [1.82, 2.24) is 19.5 Å². The molecule has 7 heteroatoms. The molecular formula is C16H18N4O3. The highest BCUT2D eigenvalue weighted by Crippen LogP contribution is 2.12. The first-order valence-corrected chi connectivity index (χ1v) is 7.30. The van der Waals surface area contributed by atoms with E-state index in [1.165, 1.54) is 5.56 Å². The molecule has 2 heterocycles. The molecule has 0 bridgehead atoms. The third-order valence-corrected chi connectivity index (χ3v) is 3.47. The molecule has 1 N–H and O–H groups in total. The highest BCUT2D eigenvalue weighted by molar-refractivity contribution is 5.69. The number of hydrogen-bond acceptors (Lipinski definition) is 5. The summed E-state index contributed by atoms with van der Waals surface area (Å²) >= 11 is 0. The second-order valence-electron chi connectivity index (χ2n) is 5.23. The molecule has 0 spiro atoms. The molecule has 0 saturated heterocycles. The molecule has 0 saturated carbocycles. The van der Waals surface area contributed by atoms with Crippen molar-refractivity contribution < 1.29 is 9.47 Å². The van der Waals surface area contributed by atoms with Crippen molar-refractivity contribution in [3.05, 3.63) is 52.1 Å². The van der Waals surface area contributed by atoms with Crippen molar-refractivity contribution in [2.24, 2.45) is 0 Å². The van der Waals surface area contributed by atoms with Crippen molar-refractivity contribution in [1.29, 1.82) is 0 Å². The summed E-state index contributed by atoms with van der Waals surface area (Å²) < 4.78 is 11.9. The number of aryl methyl sites for hydroxylation is 1. The zero-order chi connectivity index (χ0) is 16.2. The van der Waals surface area contributed by atoms with E-state index < -0.39 is 0 Å². The molecule has 0 atom stereocenters. The van der Waals surface area contributed by atoms with Crippen LogP contribution in [0.3, 0.4) is 0 Å². The van der Waals surface area contributed by atoms with Crippen molar-refractivity contribution >= 4 is 11.2 Å². The van der Waals surface area contributed by atoms with Gasteiger partial charge in [0, 0.05) is 7.11 Å². The van der Waals surface area contributed by atoms with Crippen LogP contribution in [-0.2, 0) is 11.3 Å². The van der Waals surface area contributed by atoms with Crippen LogP contribution < -0.4 is 10.4 Å². The minimum atomic E-state index is -0.219. The molecule has 7 nitrogen and oxygen atoms in total. The van der Waals surface area contributed by atoms with Gasteiger partial charge >= 0.3 is 11.7 Å². The van der Waals surface area contributed by atoms with E-state index >= 15 is 0 Å². The summed E-state index contributed by atoms with van der Waals surface area (Å²) in [5.74, 6) is 0. The van der Waals surface area contributed by atoms with E-state index in [9.17, 15) is 4.79 Å². The lowest BCUT2D eigenvalue weighted by Gasteiger charge is -2.06. The van der Waals surface area contributed by atoms with Crippen LogP contribution in [0.15, 0.2) is 35.3 Å². The number of nitrogens with zero attached hydrogens (tertiary/aromatic N) is 3. The molecule has 0 fully saturated rings. The van der Waals surface area contributed by atoms with E-state index in [0.29, 0.717) is 30.9 Å². The van der Waals surface area contributed by atoms with Gasteiger partial charge in [-0.3, -0.25) is 4.57 Å². The van der Waals surface area contributed by atoms with Gasteiger partial charge in [0.25, 0.3) is 0 Å². The molecule has 2 aromatic heterocycles. The fraction of sp³-hybridized carbons (Fsp3) is 0.312. The SMILES string of the molecule is COCCOc1ncc2[nH]c(=O)n(Cc3ccc(C)cc3)c2n1. The second kappa shape index (κ2) is 6.62. The smallest absolute Gasteiger partial charge is 0.328 e. The maximum absolute atomic E-state index is 12.2. The van der Waals surface area contributed by atoms with E-state index in [1.54, 1.807) is 17.9 Å². The molecule has 0 aliphatic rings. The topological polar surface area (TPSA) is 82.0 Å². The number of fused-ring (bicyclic) bond motifs is 1. The summed E-state index contributed by atoms with van der Waals surface area (Å²) in [4.78, 5) is 23.3. The van der Waals surface area contributed by atoms with Crippen molar-refractivity contribution in [3.63, 3.8) is 0 Å². The summed E-state index contributed by atoms with van der Waals surface area (Å²) in [6.07, 6.45) is 1.55. The zero-order valence-corrected chi connectivity index (χ0v) is 13.1. The highest BCUT2D eigenvalue weighted by atomic mass is 16.5. The van der Waals surface area contributed by atoms with Crippen LogP contribution >= 0.6 is 0 Å². The fourth-order valence-electron chi connectivity index (χ4n) is 2.24. The Hall–Kier alpha value is -2.67. The van der Waals surface area contributed by atoms with Crippen LogP contribution in [0.4, 0.5) is 0 Å². The maximum atomic E-state index is 12.2. The van der Waals surface area contributed by atoms with Crippen molar-refractivity contribution in [2.45, 2.75) is 13.5 Å². The van der Waals surface area contributed by atoms with Crippen LogP contribution in [0.1, 0.15) is 11.1 Å². The first-order valence-electron chi connectivity index (χ1n) is 7.30. The van der Waals surface area contributed by atoms with Gasteiger partial charge in [-0.15, -0.1) is 0 Å². The molecular weight excluding hydrogens is 296 g/mol. The van der Waals surface area contributed by atoms with E-state index in [0.717, 1.165) is 5.56 Å². The Balaban J connectivity index is 1.91. The number of nitrogens with one attached hydrogen (secondary N) is 1. The minimum absolute atomic E-state index is 0.219. The molecule has 0 radical (unpaired) electrons. The number of H-pyrrole nitrogens is 1. The van der Waals surface area contributed by atoms with Crippen LogP contribution in [-0.4, -0.2) is 39.8 Å². The Morgan fingerprint density at radius 2 is 2.00 bits per heavy atom. The number of rotatable bonds is 6. The quantitative estimate of drug-likeness (QED) is 0.697. The van der Waals surface area contributed by atoms with E-state index in [-0.39, 0.29) is 11.7 Å². The van der Waals surface area contributed by atoms with E-state index in [2.05, 4.69) is 15.0 Å². The number of imidazole rings is 1. The second-order valence-corrected chi connectivity index (χ2v) is 5.23. The molecule has 0 unspecified atom stereocenters. The first-order chi connectivity index (χ1) is 11.2. The van der Waals surface area contributed by atoms with Crippen LogP contribution in [0.2, 0.25) is 0 Å². The molecule has 0 aliphatic carbocycles. The number of ether oxygens (including phenoxy) is 2. The van der Waals surface area contributed by atoms with E-state index in [1.807, 2.05) is 31.2 Å². The third-order valence-electron chi connectivity index (χ3n) is 3.47. The first kappa shape index (κ1) is 15.2. The Morgan fingerprint density at radius 3 is 2.74 bits per heavy atom. The normalized spacial score (nSPS) is 11.0. The predicted octanol–water partition coefficient (Wildman–Crippen LogP) is 1.50. The van der Waals surface area contributed by atoms with Crippen LogP contribution in [0, 0.1) is 6.92 Å².